The second kappa shape index (κ2) is 10.1. The minimum absolute atomic E-state index is 0.0212. The maximum atomic E-state index is 11.8. The summed E-state index contributed by atoms with van der Waals surface area (Å²) in [5, 5.41) is 6.83. The Balaban J connectivity index is 2.55. The Morgan fingerprint density at radius 3 is 2.43 bits per heavy atom. The van der Waals surface area contributed by atoms with E-state index in [1.807, 2.05) is 11.8 Å². The SMILES string of the molecule is CSC(C)(C)CNC(=NCC(=O)N(C)C)NCC1CCCCC1. The average Bonchev–Trinajstić information content (AvgIpc) is 2.54. The van der Waals surface area contributed by atoms with Crippen molar-refractivity contribution in [1.82, 2.24) is 15.5 Å². The fourth-order valence-electron chi connectivity index (χ4n) is 2.46. The van der Waals surface area contributed by atoms with Gasteiger partial charge in [-0.1, -0.05) is 19.3 Å². The minimum atomic E-state index is 0.0212. The van der Waals surface area contributed by atoms with Crippen LogP contribution in [0, 0.1) is 5.92 Å². The fraction of sp³-hybridized carbons (Fsp3) is 0.882. The van der Waals surface area contributed by atoms with Gasteiger partial charge in [-0.15, -0.1) is 0 Å². The highest BCUT2D eigenvalue weighted by molar-refractivity contribution is 7.99. The average molecular weight is 343 g/mol. The summed E-state index contributed by atoms with van der Waals surface area (Å²) in [6.07, 6.45) is 8.76. The molecule has 1 aliphatic carbocycles. The van der Waals surface area contributed by atoms with Gasteiger partial charge in [-0.25, -0.2) is 4.99 Å². The van der Waals surface area contributed by atoms with Crippen LogP contribution in [-0.4, -0.2) is 61.5 Å². The van der Waals surface area contributed by atoms with Crippen LogP contribution >= 0.6 is 11.8 Å². The zero-order valence-electron chi connectivity index (χ0n) is 15.4. The molecule has 0 atom stereocenters. The number of nitrogens with one attached hydrogen (secondary N) is 2. The van der Waals surface area contributed by atoms with Crippen LogP contribution in [0.1, 0.15) is 46.0 Å². The second-order valence-electron chi connectivity index (χ2n) is 7.16. The Morgan fingerprint density at radius 1 is 1.22 bits per heavy atom. The molecule has 0 aromatic carbocycles. The zero-order chi connectivity index (χ0) is 17.3. The Bertz CT molecular complexity index is 390. The van der Waals surface area contributed by atoms with Gasteiger partial charge in [0.15, 0.2) is 5.96 Å². The van der Waals surface area contributed by atoms with Crippen molar-refractivity contribution >= 4 is 23.6 Å². The van der Waals surface area contributed by atoms with Crippen molar-refractivity contribution in [1.29, 1.82) is 0 Å². The molecule has 6 heteroatoms. The van der Waals surface area contributed by atoms with E-state index in [0.717, 1.165) is 25.0 Å². The molecular weight excluding hydrogens is 308 g/mol. The number of likely N-dealkylation sites (N-methyl/N-ethyl adjacent to an activating group) is 1. The monoisotopic (exact) mass is 342 g/mol. The van der Waals surface area contributed by atoms with Gasteiger partial charge in [0.05, 0.1) is 0 Å². The van der Waals surface area contributed by atoms with Crippen LogP contribution in [0.25, 0.3) is 0 Å². The highest BCUT2D eigenvalue weighted by Gasteiger charge is 2.18. The van der Waals surface area contributed by atoms with Gasteiger partial charge in [0.2, 0.25) is 5.91 Å². The molecule has 0 spiro atoms. The number of carbonyl (C=O) groups excluding carboxylic acids is 1. The molecule has 1 rings (SSSR count). The van der Waals surface area contributed by atoms with Crippen molar-refractivity contribution in [2.45, 2.75) is 50.7 Å². The van der Waals surface area contributed by atoms with E-state index < -0.39 is 0 Å². The lowest BCUT2D eigenvalue weighted by Crippen LogP contribution is -2.45. The molecule has 0 aliphatic heterocycles. The van der Waals surface area contributed by atoms with Crippen LogP contribution in [0.15, 0.2) is 4.99 Å². The number of rotatable bonds is 7. The Morgan fingerprint density at radius 2 is 1.87 bits per heavy atom. The van der Waals surface area contributed by atoms with E-state index >= 15 is 0 Å². The Kier molecular flexibility index (Phi) is 8.81. The van der Waals surface area contributed by atoms with Gasteiger partial charge in [-0.2, -0.15) is 11.8 Å². The molecule has 134 valence electrons. The Hall–Kier alpha value is -0.910. The molecule has 0 saturated heterocycles. The van der Waals surface area contributed by atoms with Gasteiger partial charge in [0.1, 0.15) is 6.54 Å². The summed E-state index contributed by atoms with van der Waals surface area (Å²) in [6, 6.07) is 0. The molecule has 23 heavy (non-hydrogen) atoms. The minimum Gasteiger partial charge on any atom is -0.356 e. The summed E-state index contributed by atoms with van der Waals surface area (Å²) in [6.45, 7) is 6.36. The summed E-state index contributed by atoms with van der Waals surface area (Å²) in [4.78, 5) is 17.8. The molecular formula is C17H34N4OS. The maximum Gasteiger partial charge on any atom is 0.243 e. The van der Waals surface area contributed by atoms with Crippen LogP contribution in [-0.2, 0) is 4.79 Å². The van der Waals surface area contributed by atoms with Gasteiger partial charge >= 0.3 is 0 Å². The van der Waals surface area contributed by atoms with Gasteiger partial charge in [-0.05, 0) is 38.9 Å². The van der Waals surface area contributed by atoms with Crippen molar-refractivity contribution in [2.24, 2.45) is 10.9 Å². The third-order valence-corrected chi connectivity index (χ3v) is 5.64. The molecule has 0 radical (unpaired) electrons. The third-order valence-electron chi connectivity index (χ3n) is 4.39. The number of hydrogen-bond donors (Lipinski definition) is 2. The topological polar surface area (TPSA) is 56.7 Å². The Labute approximate surface area is 146 Å². The van der Waals surface area contributed by atoms with Crippen molar-refractivity contribution in [3.8, 4) is 0 Å². The van der Waals surface area contributed by atoms with E-state index in [1.165, 1.54) is 32.1 Å². The number of nitrogens with zero attached hydrogens (tertiary/aromatic N) is 2. The fourth-order valence-corrected chi connectivity index (χ4v) is 2.68. The normalized spacial score (nSPS) is 17.0. The first-order valence-electron chi connectivity index (χ1n) is 8.61. The molecule has 5 nitrogen and oxygen atoms in total. The van der Waals surface area contributed by atoms with E-state index in [-0.39, 0.29) is 17.2 Å². The number of carbonyl (C=O) groups is 1. The van der Waals surface area contributed by atoms with Crippen LogP contribution in [0.3, 0.4) is 0 Å². The number of thioether (sulfide) groups is 1. The second-order valence-corrected chi connectivity index (χ2v) is 8.67. The zero-order valence-corrected chi connectivity index (χ0v) is 16.3. The molecule has 1 amide bonds. The van der Waals surface area contributed by atoms with Gasteiger partial charge in [-0.3, -0.25) is 4.79 Å². The number of aliphatic imine (C=N–C) groups is 1. The number of amides is 1. The van der Waals surface area contributed by atoms with Crippen molar-refractivity contribution in [3.05, 3.63) is 0 Å². The number of hydrogen-bond acceptors (Lipinski definition) is 3. The van der Waals surface area contributed by atoms with E-state index in [4.69, 9.17) is 0 Å². The van der Waals surface area contributed by atoms with Crippen LogP contribution in [0.2, 0.25) is 0 Å². The van der Waals surface area contributed by atoms with Gasteiger partial charge in [0, 0.05) is 31.9 Å². The van der Waals surface area contributed by atoms with Crippen LogP contribution in [0.4, 0.5) is 0 Å². The molecule has 1 saturated carbocycles. The lowest BCUT2D eigenvalue weighted by atomic mass is 9.89. The first-order chi connectivity index (χ1) is 10.8. The lowest BCUT2D eigenvalue weighted by Gasteiger charge is -2.26. The molecule has 0 unspecified atom stereocenters. The van der Waals surface area contributed by atoms with E-state index in [0.29, 0.717) is 0 Å². The smallest absolute Gasteiger partial charge is 0.243 e. The molecule has 0 aromatic heterocycles. The standard InChI is InChI=1S/C17H34N4OS/c1-17(2,23-5)13-20-16(19-12-15(22)21(3)4)18-11-14-9-7-6-8-10-14/h14H,6-13H2,1-5H3,(H2,18,19,20). The molecule has 0 bridgehead atoms. The third kappa shape index (κ3) is 8.49. The first kappa shape index (κ1) is 20.1. The maximum absolute atomic E-state index is 11.8. The van der Waals surface area contributed by atoms with E-state index in [2.05, 4.69) is 35.7 Å². The van der Waals surface area contributed by atoms with Crippen molar-refractivity contribution < 1.29 is 4.79 Å². The highest BCUT2D eigenvalue weighted by atomic mass is 32.2. The summed E-state index contributed by atoms with van der Waals surface area (Å²) >= 11 is 1.82. The highest BCUT2D eigenvalue weighted by Crippen LogP contribution is 2.22. The summed E-state index contributed by atoms with van der Waals surface area (Å²) in [7, 11) is 3.52. The molecule has 0 heterocycles. The molecule has 0 aromatic rings. The summed E-state index contributed by atoms with van der Waals surface area (Å²) in [5.74, 6) is 1.51. The van der Waals surface area contributed by atoms with E-state index in [9.17, 15) is 4.79 Å². The molecule has 2 N–H and O–H groups in total. The first-order valence-corrected chi connectivity index (χ1v) is 9.84. The lowest BCUT2D eigenvalue weighted by molar-refractivity contribution is -0.127. The largest absolute Gasteiger partial charge is 0.356 e. The summed E-state index contributed by atoms with van der Waals surface area (Å²) in [5.41, 5.74) is 0. The molecule has 1 fully saturated rings. The van der Waals surface area contributed by atoms with Crippen molar-refractivity contribution in [3.63, 3.8) is 0 Å². The van der Waals surface area contributed by atoms with Crippen molar-refractivity contribution in [2.75, 3.05) is 40.0 Å². The van der Waals surface area contributed by atoms with Crippen LogP contribution < -0.4 is 10.6 Å². The van der Waals surface area contributed by atoms with Crippen LogP contribution in [0.5, 0.6) is 0 Å². The molecule has 1 aliphatic rings. The quantitative estimate of drug-likeness (QED) is 0.551. The van der Waals surface area contributed by atoms with Gasteiger partial charge in [0.25, 0.3) is 0 Å². The predicted octanol–water partition coefficient (Wildman–Crippen LogP) is 2.33. The van der Waals surface area contributed by atoms with E-state index in [1.54, 1.807) is 19.0 Å². The summed E-state index contributed by atoms with van der Waals surface area (Å²) < 4.78 is 0.138. The number of guanidine groups is 1. The van der Waals surface area contributed by atoms with Gasteiger partial charge < -0.3 is 15.5 Å². The predicted molar refractivity (Wildman–Crippen MR) is 101 cm³/mol.